The molecule has 6 N–H and O–H groups in total. The standard InChI is InChI=1S/C53H69ClFN11O6S2/c1-31-44(73-30-61-31)33-6-7-34(26-60-47(68)38-25-36(67)29-66(38)49(70)45(51(2,3)4)63-50(71)53(55)15-16-53)39(24-33)72-37-10-8-32(9-11-37)48(69)65-20-13-35(14-21-65)62-46-43(54)40(12-19-57-46)74-42-28-58-41(27-59-42)64-22-17-52(5,56)18-23-64/h6-7,12,19,24,27-28,30,32,35-38,45,67H,8-11,13-18,20-23,25-26,29,56H2,1-5H3,(H,57,62)(H,60,68)(H,63,71)/t32?,36-,37?,38+,45-/m1/s1. The van der Waals surface area contributed by atoms with Gasteiger partial charge in [0.05, 0.1) is 45.7 Å². The lowest BCUT2D eigenvalue weighted by Gasteiger charge is -2.37. The Morgan fingerprint density at radius 1 is 0.986 bits per heavy atom. The molecule has 0 radical (unpaired) electrons. The summed E-state index contributed by atoms with van der Waals surface area (Å²) in [6.45, 7) is 12.3. The Labute approximate surface area is 445 Å². The summed E-state index contributed by atoms with van der Waals surface area (Å²) in [6.07, 6.45) is 10.5. The van der Waals surface area contributed by atoms with Crippen LogP contribution in [0.2, 0.25) is 5.02 Å². The number of amides is 4. The van der Waals surface area contributed by atoms with Crippen molar-refractivity contribution in [2.45, 2.75) is 163 Å². The number of benzene rings is 1. The molecule has 398 valence electrons. The van der Waals surface area contributed by atoms with Crippen molar-refractivity contribution in [1.29, 1.82) is 0 Å². The Hall–Kier alpha value is -5.15. The van der Waals surface area contributed by atoms with Crippen molar-refractivity contribution in [1.82, 2.24) is 40.4 Å². The molecule has 0 bridgehead atoms. The van der Waals surface area contributed by atoms with Crippen molar-refractivity contribution in [2.24, 2.45) is 17.1 Å². The summed E-state index contributed by atoms with van der Waals surface area (Å²) >= 11 is 9.89. The highest BCUT2D eigenvalue weighted by Gasteiger charge is 2.53. The van der Waals surface area contributed by atoms with Crippen LogP contribution in [-0.4, -0.2) is 133 Å². The van der Waals surface area contributed by atoms with Crippen LogP contribution in [0.25, 0.3) is 10.4 Å². The van der Waals surface area contributed by atoms with Crippen molar-refractivity contribution in [2.75, 3.05) is 42.9 Å². The number of aryl methyl sites for hydroxylation is 1. The maximum Gasteiger partial charge on any atom is 0.258 e. The van der Waals surface area contributed by atoms with Crippen LogP contribution in [0.3, 0.4) is 0 Å². The first-order valence-corrected chi connectivity index (χ1v) is 28.0. The molecule has 4 aromatic rings. The molecule has 3 saturated heterocycles. The van der Waals surface area contributed by atoms with E-state index in [1.54, 1.807) is 44.9 Å². The summed E-state index contributed by atoms with van der Waals surface area (Å²) in [5.41, 5.74) is 7.74. The van der Waals surface area contributed by atoms with Gasteiger partial charge in [-0.25, -0.2) is 24.3 Å². The van der Waals surface area contributed by atoms with E-state index >= 15 is 0 Å². The minimum absolute atomic E-state index is 0.0164. The van der Waals surface area contributed by atoms with Crippen LogP contribution < -0.4 is 31.3 Å². The molecule has 0 unspecified atom stereocenters. The van der Waals surface area contributed by atoms with Gasteiger partial charge in [0.1, 0.15) is 34.5 Å². The normalized spacial score (nSPS) is 23.2. The number of ether oxygens (including phenoxy) is 1. The molecule has 5 aliphatic rings. The van der Waals surface area contributed by atoms with E-state index in [-0.39, 0.29) is 61.9 Å². The van der Waals surface area contributed by atoms with Crippen LogP contribution in [-0.2, 0) is 25.7 Å². The van der Waals surface area contributed by atoms with Gasteiger partial charge >= 0.3 is 0 Å². The van der Waals surface area contributed by atoms with Gasteiger partial charge in [0.15, 0.2) is 5.67 Å². The molecule has 1 aromatic carbocycles. The van der Waals surface area contributed by atoms with E-state index in [2.05, 4.69) is 47.7 Å². The van der Waals surface area contributed by atoms with E-state index in [1.165, 1.54) is 28.0 Å². The number of β-amino-alcohol motifs (C(OH)–C–C–N with tert-alkyl or cyclic N) is 1. The van der Waals surface area contributed by atoms with Gasteiger partial charge in [0.2, 0.25) is 17.7 Å². The minimum atomic E-state index is -1.98. The number of nitrogens with zero attached hydrogens (tertiary/aromatic N) is 7. The number of carbonyl (C=O) groups is 4. The van der Waals surface area contributed by atoms with Gasteiger partial charge in [-0.15, -0.1) is 11.3 Å². The molecular weight excluding hydrogens is 1010 g/mol. The molecule has 3 aliphatic heterocycles. The van der Waals surface area contributed by atoms with Crippen LogP contribution in [0, 0.1) is 18.3 Å². The van der Waals surface area contributed by atoms with Gasteiger partial charge in [-0.2, -0.15) is 0 Å². The highest BCUT2D eigenvalue weighted by atomic mass is 35.5. The number of hydrogen-bond donors (Lipinski definition) is 5. The predicted molar refractivity (Wildman–Crippen MR) is 284 cm³/mol. The van der Waals surface area contributed by atoms with Gasteiger partial charge in [-0.1, -0.05) is 56.3 Å². The van der Waals surface area contributed by atoms with Crippen molar-refractivity contribution in [3.8, 4) is 16.2 Å². The van der Waals surface area contributed by atoms with Crippen molar-refractivity contribution >= 4 is 70.0 Å². The van der Waals surface area contributed by atoms with Crippen LogP contribution in [0.4, 0.5) is 16.0 Å². The summed E-state index contributed by atoms with van der Waals surface area (Å²) in [6, 6.07) is 5.72. The maximum atomic E-state index is 14.7. The molecule has 5 fully saturated rings. The number of rotatable bonds is 15. The van der Waals surface area contributed by atoms with E-state index in [0.717, 1.165) is 76.2 Å². The number of hydrogen-bond acceptors (Lipinski definition) is 15. The Balaban J connectivity index is 0.772. The lowest BCUT2D eigenvalue weighted by Crippen LogP contribution is -2.59. The number of aliphatic hydroxyl groups is 1. The first kappa shape index (κ1) is 53.7. The monoisotopic (exact) mass is 1070 g/mol. The van der Waals surface area contributed by atoms with Crippen molar-refractivity contribution < 1.29 is 33.4 Å². The SMILES string of the molecule is Cc1ncsc1-c1ccc(CNC(=O)[C@@H]2C[C@@H](O)CN2C(=O)[C@@H](NC(=O)C2(F)CC2)C(C)(C)C)c(OC2CCC(C(=O)N3CCC(Nc4nccc(Sc5cnc(N6CCC(C)(N)CC6)cn5)c4Cl)CC3)CC2)c1. The highest BCUT2D eigenvalue weighted by Crippen LogP contribution is 2.41. The molecule has 74 heavy (non-hydrogen) atoms. The third-order valence-electron chi connectivity index (χ3n) is 15.3. The Morgan fingerprint density at radius 3 is 2.36 bits per heavy atom. The molecule has 21 heteroatoms. The van der Waals surface area contributed by atoms with E-state index in [1.807, 2.05) is 36.1 Å². The molecule has 9 rings (SSSR count). The number of alkyl halides is 1. The van der Waals surface area contributed by atoms with Gasteiger partial charge in [0.25, 0.3) is 5.91 Å². The molecule has 3 atom stereocenters. The van der Waals surface area contributed by atoms with Crippen LogP contribution >= 0.6 is 34.7 Å². The predicted octanol–water partition coefficient (Wildman–Crippen LogP) is 7.08. The van der Waals surface area contributed by atoms with Gasteiger partial charge in [-0.05, 0) is 101 Å². The number of nitrogens with two attached hydrogens (primary N) is 1. The molecule has 3 aromatic heterocycles. The molecule has 2 saturated carbocycles. The summed E-state index contributed by atoms with van der Waals surface area (Å²) in [7, 11) is 0. The zero-order chi connectivity index (χ0) is 52.5. The average Bonchev–Trinajstić information content (AvgIpc) is 3.79. The Morgan fingerprint density at radius 2 is 1.72 bits per heavy atom. The number of thiazole rings is 1. The second kappa shape index (κ2) is 22.2. The number of carbonyl (C=O) groups excluding carboxylic acids is 4. The number of likely N-dealkylation sites (tertiary alicyclic amines) is 2. The average molecular weight is 1070 g/mol. The summed E-state index contributed by atoms with van der Waals surface area (Å²) in [5, 5.41) is 21.1. The number of nitrogens with one attached hydrogen (secondary N) is 3. The second-order valence-electron chi connectivity index (χ2n) is 22.2. The fourth-order valence-electron chi connectivity index (χ4n) is 10.3. The van der Waals surface area contributed by atoms with Crippen LogP contribution in [0.15, 0.2) is 58.3 Å². The first-order valence-electron chi connectivity index (χ1n) is 25.9. The molecule has 0 spiro atoms. The molecular formula is C53H69ClFN11O6S2. The second-order valence-corrected chi connectivity index (χ2v) is 24.5. The maximum absolute atomic E-state index is 14.7. The molecule has 6 heterocycles. The smallest absolute Gasteiger partial charge is 0.258 e. The molecule has 2 aliphatic carbocycles. The Kier molecular flexibility index (Phi) is 16.1. The summed E-state index contributed by atoms with van der Waals surface area (Å²) in [5.74, 6) is 0.266. The lowest BCUT2D eigenvalue weighted by molar-refractivity contribution is -0.145. The fourth-order valence-corrected chi connectivity index (χ4v) is 12.2. The van der Waals surface area contributed by atoms with Gasteiger partial charge < -0.3 is 46.2 Å². The third-order valence-corrected chi connectivity index (χ3v) is 17.7. The van der Waals surface area contributed by atoms with Crippen LogP contribution in [0.5, 0.6) is 5.75 Å². The minimum Gasteiger partial charge on any atom is -0.490 e. The fraction of sp³-hybridized carbons (Fsp3) is 0.585. The number of aromatic nitrogens is 4. The number of halogens is 2. The number of pyridine rings is 1. The van der Waals surface area contributed by atoms with E-state index in [0.29, 0.717) is 55.4 Å². The Bertz CT molecular complexity index is 2680. The summed E-state index contributed by atoms with van der Waals surface area (Å²) in [4.78, 5) is 80.4. The molecule has 17 nitrogen and oxygen atoms in total. The van der Waals surface area contributed by atoms with Gasteiger partial charge in [0, 0.05) is 79.8 Å². The quantitative estimate of drug-likeness (QED) is 0.0804. The van der Waals surface area contributed by atoms with E-state index in [9.17, 15) is 28.7 Å². The zero-order valence-electron chi connectivity index (χ0n) is 42.9. The van der Waals surface area contributed by atoms with E-state index in [4.69, 9.17) is 22.1 Å². The van der Waals surface area contributed by atoms with E-state index < -0.39 is 47.0 Å². The third kappa shape index (κ3) is 12.6. The van der Waals surface area contributed by atoms with Gasteiger partial charge in [-0.3, -0.25) is 19.2 Å². The number of piperidine rings is 2. The lowest BCUT2D eigenvalue weighted by atomic mass is 9.85. The zero-order valence-corrected chi connectivity index (χ0v) is 45.3. The number of aliphatic hydroxyl groups excluding tert-OH is 1. The van der Waals surface area contributed by atoms with Crippen molar-refractivity contribution in [3.63, 3.8) is 0 Å². The first-order chi connectivity index (χ1) is 35.2. The molecule has 4 amide bonds. The largest absolute Gasteiger partial charge is 0.490 e. The van der Waals surface area contributed by atoms with Crippen molar-refractivity contribution in [3.05, 3.63) is 64.6 Å². The van der Waals surface area contributed by atoms with Crippen LogP contribution in [0.1, 0.15) is 110 Å². The number of anilines is 2. The highest BCUT2D eigenvalue weighted by molar-refractivity contribution is 7.99. The summed E-state index contributed by atoms with van der Waals surface area (Å²) < 4.78 is 21.5. The topological polar surface area (TPSA) is 221 Å².